The smallest absolute Gasteiger partial charge is 0.322 e. The molecule has 1 N–H and O–H groups in total. The number of piperidine rings is 1. The highest BCUT2D eigenvalue weighted by atomic mass is 19.1. The second kappa shape index (κ2) is 8.85. The first-order chi connectivity index (χ1) is 14.5. The van der Waals surface area contributed by atoms with Gasteiger partial charge in [-0.25, -0.2) is 9.18 Å². The van der Waals surface area contributed by atoms with Gasteiger partial charge in [-0.1, -0.05) is 12.1 Å². The lowest BCUT2D eigenvalue weighted by molar-refractivity contribution is -0.132. The molecule has 30 heavy (non-hydrogen) atoms. The Kier molecular flexibility index (Phi) is 6.01. The molecule has 0 saturated carbocycles. The Morgan fingerprint density at radius 1 is 1.10 bits per heavy atom. The van der Waals surface area contributed by atoms with E-state index in [1.165, 1.54) is 12.5 Å². The van der Waals surface area contributed by atoms with Crippen LogP contribution < -0.4 is 5.32 Å². The van der Waals surface area contributed by atoms with E-state index in [1.54, 1.807) is 23.1 Å². The predicted molar refractivity (Wildman–Crippen MR) is 111 cm³/mol. The molecular weight excluding hydrogens is 385 g/mol. The number of hydrogen-bond donors (Lipinski definition) is 1. The Labute approximate surface area is 175 Å². The normalized spacial score (nSPS) is 16.3. The van der Waals surface area contributed by atoms with Gasteiger partial charge >= 0.3 is 6.03 Å². The van der Waals surface area contributed by atoms with E-state index in [-0.39, 0.29) is 17.6 Å². The Bertz CT molecular complexity index is 936. The molecule has 2 aromatic rings. The van der Waals surface area contributed by atoms with Crippen LogP contribution in [-0.2, 0) is 31.2 Å². The van der Waals surface area contributed by atoms with Gasteiger partial charge in [0.05, 0.1) is 17.9 Å². The predicted octanol–water partition coefficient (Wildman–Crippen LogP) is 3.09. The van der Waals surface area contributed by atoms with Gasteiger partial charge in [-0.3, -0.25) is 9.48 Å². The first kappa shape index (κ1) is 20.4. The fourth-order valence-electron chi connectivity index (χ4n) is 4.33. The van der Waals surface area contributed by atoms with Gasteiger partial charge in [0.2, 0.25) is 5.91 Å². The van der Waals surface area contributed by atoms with Crippen LogP contribution >= 0.6 is 0 Å². The minimum Gasteiger partial charge on any atom is -0.343 e. The molecule has 1 aromatic carbocycles. The van der Waals surface area contributed by atoms with Gasteiger partial charge in [-0.05, 0) is 31.4 Å². The lowest BCUT2D eigenvalue weighted by atomic mass is 10.0. The highest BCUT2D eigenvalue weighted by Gasteiger charge is 2.27. The summed E-state index contributed by atoms with van der Waals surface area (Å²) in [6.45, 7) is 2.65. The zero-order valence-electron chi connectivity index (χ0n) is 17.4. The van der Waals surface area contributed by atoms with E-state index in [4.69, 9.17) is 0 Å². The maximum Gasteiger partial charge on any atom is 0.322 e. The molecule has 2 aliphatic rings. The number of nitrogens with one attached hydrogen (secondary N) is 1. The number of urea groups is 1. The van der Waals surface area contributed by atoms with Crippen LogP contribution in [0.15, 0.2) is 24.3 Å². The average Bonchev–Trinajstić information content (AvgIpc) is 3.09. The van der Waals surface area contributed by atoms with E-state index in [9.17, 15) is 14.0 Å². The number of amides is 3. The van der Waals surface area contributed by atoms with Crippen LogP contribution in [0, 0.1) is 5.82 Å². The number of rotatable bonds is 4. The second-order valence-electron chi connectivity index (χ2n) is 8.02. The van der Waals surface area contributed by atoms with Crippen molar-refractivity contribution in [2.75, 3.05) is 25.0 Å². The van der Waals surface area contributed by atoms with Gasteiger partial charge in [-0.15, -0.1) is 0 Å². The first-order valence-electron chi connectivity index (χ1n) is 10.6. The minimum absolute atomic E-state index is 0.173. The first-order valence-corrected chi connectivity index (χ1v) is 10.6. The summed E-state index contributed by atoms with van der Waals surface area (Å²) in [5, 5.41) is 7.28. The molecular formula is C22H28FN5O2. The molecule has 4 rings (SSSR count). The molecule has 3 heterocycles. The molecule has 0 radical (unpaired) electrons. The number of aryl methyl sites for hydroxylation is 2. The summed E-state index contributed by atoms with van der Waals surface area (Å²) in [7, 11) is 1.91. The molecule has 0 aliphatic carbocycles. The number of benzene rings is 1. The number of anilines is 1. The number of para-hydroxylation sites is 1. The van der Waals surface area contributed by atoms with Gasteiger partial charge in [-0.2, -0.15) is 5.10 Å². The SMILES string of the molecule is Cn1nc(CCC(=O)N2CCCCC2)c2c1CCN(C(=O)Nc1ccccc1F)C2. The molecule has 7 nitrogen and oxygen atoms in total. The Morgan fingerprint density at radius 3 is 2.63 bits per heavy atom. The van der Waals surface area contributed by atoms with Crippen LogP contribution in [-0.4, -0.2) is 51.2 Å². The summed E-state index contributed by atoms with van der Waals surface area (Å²) in [4.78, 5) is 28.8. The van der Waals surface area contributed by atoms with Crippen molar-refractivity contribution in [1.29, 1.82) is 0 Å². The number of fused-ring (bicyclic) bond motifs is 1. The fourth-order valence-corrected chi connectivity index (χ4v) is 4.33. The standard InChI is InChI=1S/C22H28FN5O2/c1-26-20-11-14-28(22(30)24-19-8-4-3-7-17(19)23)15-16(20)18(25-26)9-10-21(29)27-12-5-2-6-13-27/h3-4,7-8H,2,5-6,9-15H2,1H3,(H,24,30). The summed E-state index contributed by atoms with van der Waals surface area (Å²) in [6, 6.07) is 5.81. The second-order valence-corrected chi connectivity index (χ2v) is 8.02. The van der Waals surface area contributed by atoms with E-state index in [2.05, 4.69) is 10.4 Å². The molecule has 0 spiro atoms. The molecule has 0 bridgehead atoms. The quantitative estimate of drug-likeness (QED) is 0.837. The fraction of sp³-hybridized carbons (Fsp3) is 0.500. The monoisotopic (exact) mass is 413 g/mol. The van der Waals surface area contributed by atoms with E-state index >= 15 is 0 Å². The van der Waals surface area contributed by atoms with Crippen LogP contribution in [0.1, 0.15) is 42.6 Å². The summed E-state index contributed by atoms with van der Waals surface area (Å²) < 4.78 is 15.7. The largest absolute Gasteiger partial charge is 0.343 e. The number of nitrogens with zero attached hydrogens (tertiary/aromatic N) is 4. The third-order valence-corrected chi connectivity index (χ3v) is 6.01. The minimum atomic E-state index is -0.457. The average molecular weight is 413 g/mol. The highest BCUT2D eigenvalue weighted by Crippen LogP contribution is 2.24. The van der Waals surface area contributed by atoms with Gasteiger partial charge in [0, 0.05) is 57.2 Å². The van der Waals surface area contributed by atoms with Crippen molar-refractivity contribution in [2.45, 2.75) is 45.1 Å². The van der Waals surface area contributed by atoms with Crippen LogP contribution in [0.5, 0.6) is 0 Å². The molecule has 8 heteroatoms. The molecule has 2 aliphatic heterocycles. The van der Waals surface area contributed by atoms with E-state index in [0.29, 0.717) is 32.4 Å². The Morgan fingerprint density at radius 2 is 1.87 bits per heavy atom. The molecule has 1 saturated heterocycles. The highest BCUT2D eigenvalue weighted by molar-refractivity contribution is 5.89. The summed E-state index contributed by atoms with van der Waals surface area (Å²) in [6.07, 6.45) is 5.05. The number of carbonyl (C=O) groups is 2. The molecule has 1 aromatic heterocycles. The van der Waals surface area contributed by atoms with Gasteiger partial charge in [0.25, 0.3) is 0 Å². The van der Waals surface area contributed by atoms with Crippen molar-refractivity contribution in [3.05, 3.63) is 47.0 Å². The van der Waals surface area contributed by atoms with Crippen molar-refractivity contribution < 1.29 is 14.0 Å². The maximum absolute atomic E-state index is 13.9. The number of aromatic nitrogens is 2. The van der Waals surface area contributed by atoms with E-state index in [0.717, 1.165) is 42.9 Å². The molecule has 0 unspecified atom stereocenters. The Balaban J connectivity index is 1.42. The van der Waals surface area contributed by atoms with Crippen molar-refractivity contribution >= 4 is 17.6 Å². The van der Waals surface area contributed by atoms with Gasteiger partial charge < -0.3 is 15.1 Å². The molecule has 0 atom stereocenters. The number of likely N-dealkylation sites (tertiary alicyclic amines) is 1. The van der Waals surface area contributed by atoms with Crippen LogP contribution in [0.25, 0.3) is 0 Å². The molecule has 3 amide bonds. The van der Waals surface area contributed by atoms with E-state index in [1.807, 2.05) is 16.6 Å². The summed E-state index contributed by atoms with van der Waals surface area (Å²) in [5.41, 5.74) is 3.16. The number of hydrogen-bond acceptors (Lipinski definition) is 3. The van der Waals surface area contributed by atoms with Crippen molar-refractivity contribution in [3.8, 4) is 0 Å². The Hall–Kier alpha value is -2.90. The number of carbonyl (C=O) groups excluding carboxylic acids is 2. The molecule has 1 fully saturated rings. The lowest BCUT2D eigenvalue weighted by Gasteiger charge is -2.28. The topological polar surface area (TPSA) is 70.5 Å². The third-order valence-electron chi connectivity index (χ3n) is 6.01. The van der Waals surface area contributed by atoms with Gasteiger partial charge in [0.1, 0.15) is 5.82 Å². The third kappa shape index (κ3) is 4.32. The summed E-state index contributed by atoms with van der Waals surface area (Å²) in [5.74, 6) is -0.277. The van der Waals surface area contributed by atoms with Crippen molar-refractivity contribution in [1.82, 2.24) is 19.6 Å². The van der Waals surface area contributed by atoms with E-state index < -0.39 is 5.82 Å². The summed E-state index contributed by atoms with van der Waals surface area (Å²) >= 11 is 0. The van der Waals surface area contributed by atoms with Crippen molar-refractivity contribution in [2.24, 2.45) is 7.05 Å². The maximum atomic E-state index is 13.9. The van der Waals surface area contributed by atoms with Crippen LogP contribution in [0.3, 0.4) is 0 Å². The number of halogens is 1. The van der Waals surface area contributed by atoms with Crippen LogP contribution in [0.4, 0.5) is 14.9 Å². The van der Waals surface area contributed by atoms with Gasteiger partial charge in [0.15, 0.2) is 0 Å². The van der Waals surface area contributed by atoms with Crippen LogP contribution in [0.2, 0.25) is 0 Å². The molecule has 160 valence electrons. The zero-order valence-corrected chi connectivity index (χ0v) is 17.4. The zero-order chi connectivity index (χ0) is 21.1. The van der Waals surface area contributed by atoms with Crippen molar-refractivity contribution in [3.63, 3.8) is 0 Å². The lowest BCUT2D eigenvalue weighted by Crippen LogP contribution is -2.39.